The number of rotatable bonds is 9. The SMILES string of the molecule is C/C(=C\[C@]12CC1[C@@](CF)(c1cc(N)ccc1F)N=C(N(COCC[Si](C)(C)C)C(=O)OC(C)(C)C)S2)C(=O)N1CCOCC1. The second-order valence-electron chi connectivity index (χ2n) is 14.0. The molecule has 1 aromatic rings. The molecule has 13 heteroatoms. The lowest BCUT2D eigenvalue weighted by molar-refractivity contribution is -0.131. The molecular weight excluding hydrogens is 607 g/mol. The molecule has 44 heavy (non-hydrogen) atoms. The third-order valence-electron chi connectivity index (χ3n) is 7.92. The van der Waals surface area contributed by atoms with Crippen molar-refractivity contribution in [1.29, 1.82) is 0 Å². The molecule has 244 valence electrons. The van der Waals surface area contributed by atoms with Crippen molar-refractivity contribution < 1.29 is 32.6 Å². The molecule has 2 heterocycles. The number of anilines is 1. The molecule has 0 bridgehead atoms. The van der Waals surface area contributed by atoms with E-state index in [1.54, 1.807) is 32.6 Å². The first-order valence-electron chi connectivity index (χ1n) is 15.1. The maximum atomic E-state index is 15.5. The van der Waals surface area contributed by atoms with Crippen molar-refractivity contribution in [3.8, 4) is 0 Å². The number of hydrogen-bond donors (Lipinski definition) is 1. The molecule has 2 aliphatic heterocycles. The number of carbonyl (C=O) groups excluding carboxylic acids is 2. The number of thioether (sulfide) groups is 1. The highest BCUT2D eigenvalue weighted by molar-refractivity contribution is 8.15. The fourth-order valence-corrected chi connectivity index (χ4v) is 7.86. The van der Waals surface area contributed by atoms with E-state index in [4.69, 9.17) is 24.9 Å². The first kappa shape index (κ1) is 34.4. The predicted octanol–water partition coefficient (Wildman–Crippen LogP) is 5.79. The van der Waals surface area contributed by atoms with E-state index in [-0.39, 0.29) is 29.1 Å². The maximum absolute atomic E-state index is 15.5. The molecule has 2 amide bonds. The average Bonchev–Trinajstić information content (AvgIpc) is 3.66. The molecule has 1 aliphatic carbocycles. The second-order valence-corrected chi connectivity index (χ2v) is 20.9. The minimum atomic E-state index is -1.68. The van der Waals surface area contributed by atoms with Gasteiger partial charge in [-0.2, -0.15) is 0 Å². The Morgan fingerprint density at radius 3 is 2.57 bits per heavy atom. The van der Waals surface area contributed by atoms with Gasteiger partial charge in [-0.25, -0.2) is 23.5 Å². The maximum Gasteiger partial charge on any atom is 0.418 e. The van der Waals surface area contributed by atoms with Crippen molar-refractivity contribution in [3.63, 3.8) is 0 Å². The Labute approximate surface area is 264 Å². The number of alkyl halides is 1. The van der Waals surface area contributed by atoms with E-state index in [9.17, 15) is 9.59 Å². The first-order chi connectivity index (χ1) is 20.5. The van der Waals surface area contributed by atoms with Crippen molar-refractivity contribution >= 4 is 42.7 Å². The van der Waals surface area contributed by atoms with Crippen LogP contribution in [0.1, 0.15) is 39.7 Å². The second kappa shape index (κ2) is 13.1. The third-order valence-corrected chi connectivity index (χ3v) is 11.1. The van der Waals surface area contributed by atoms with Crippen LogP contribution < -0.4 is 5.73 Å². The van der Waals surface area contributed by atoms with Gasteiger partial charge in [-0.3, -0.25) is 4.79 Å². The van der Waals surface area contributed by atoms with E-state index in [0.29, 0.717) is 44.9 Å². The number of nitrogens with two attached hydrogens (primary N) is 1. The Kier molecular flexibility index (Phi) is 10.2. The van der Waals surface area contributed by atoms with Crippen molar-refractivity contribution in [1.82, 2.24) is 9.80 Å². The number of halogens is 2. The lowest BCUT2D eigenvalue weighted by Gasteiger charge is -2.38. The number of benzene rings is 1. The highest BCUT2D eigenvalue weighted by atomic mass is 32.2. The van der Waals surface area contributed by atoms with E-state index < -0.39 is 48.5 Å². The van der Waals surface area contributed by atoms with Gasteiger partial charge in [0.05, 0.1) is 13.2 Å². The molecule has 1 saturated carbocycles. The zero-order valence-electron chi connectivity index (χ0n) is 26.9. The summed E-state index contributed by atoms with van der Waals surface area (Å²) in [5.74, 6) is -1.28. The molecule has 1 saturated heterocycles. The average molecular weight is 653 g/mol. The fraction of sp³-hybridized carbons (Fsp3) is 0.645. The highest BCUT2D eigenvalue weighted by Crippen LogP contribution is 2.68. The summed E-state index contributed by atoms with van der Waals surface area (Å²) in [4.78, 5) is 34.8. The Bertz CT molecular complexity index is 1310. The molecule has 0 radical (unpaired) electrons. The lowest BCUT2D eigenvalue weighted by Crippen LogP contribution is -2.47. The minimum absolute atomic E-state index is 0.0130. The van der Waals surface area contributed by atoms with Crippen LogP contribution in [0.25, 0.3) is 0 Å². The number of carbonyl (C=O) groups is 2. The van der Waals surface area contributed by atoms with Gasteiger partial charge < -0.3 is 24.8 Å². The molecule has 3 atom stereocenters. The summed E-state index contributed by atoms with van der Waals surface area (Å²) in [6.07, 6.45) is 1.54. The number of nitrogens with zero attached hydrogens (tertiary/aromatic N) is 3. The lowest BCUT2D eigenvalue weighted by atomic mass is 9.84. The number of fused-ring (bicyclic) bond motifs is 1. The summed E-state index contributed by atoms with van der Waals surface area (Å²) >= 11 is 1.26. The fourth-order valence-electron chi connectivity index (χ4n) is 5.49. The molecule has 4 rings (SSSR count). The standard InChI is InChI=1S/C31H46F2N4O5SSi/c1-21(26(38)36-10-12-40-13-11-36)17-30-18-25(30)31(19-32,23-16-22(34)8-9-24(23)33)35-27(43-30)37(28(39)42-29(2,3)4)20-41-14-15-44(5,6)7/h8-9,16-17,25H,10-15,18-20,34H2,1-7H3/b21-17+/t25?,30-,31+/m0/s1. The van der Waals surface area contributed by atoms with Crippen molar-refractivity contribution in [2.45, 2.75) is 75.7 Å². The van der Waals surface area contributed by atoms with Gasteiger partial charge >= 0.3 is 6.09 Å². The van der Waals surface area contributed by atoms with Gasteiger partial charge in [0, 0.05) is 55.3 Å². The predicted molar refractivity (Wildman–Crippen MR) is 173 cm³/mol. The van der Waals surface area contributed by atoms with Crippen LogP contribution in [0.15, 0.2) is 34.8 Å². The largest absolute Gasteiger partial charge is 0.443 e. The quantitative estimate of drug-likeness (QED) is 0.118. The first-order valence-corrected chi connectivity index (χ1v) is 19.6. The van der Waals surface area contributed by atoms with Crippen molar-refractivity contribution in [2.24, 2.45) is 10.9 Å². The van der Waals surface area contributed by atoms with Gasteiger partial charge in [-0.15, -0.1) is 0 Å². The number of aliphatic imine (C=N–C) groups is 1. The Hall–Kier alpha value is -2.48. The molecule has 1 aromatic carbocycles. The van der Waals surface area contributed by atoms with E-state index in [1.165, 1.54) is 34.9 Å². The minimum Gasteiger partial charge on any atom is -0.443 e. The number of amidine groups is 1. The van der Waals surface area contributed by atoms with Gasteiger partial charge in [-0.1, -0.05) is 37.5 Å². The molecule has 3 aliphatic rings. The zero-order valence-corrected chi connectivity index (χ0v) is 28.7. The molecular formula is C31H46F2N4O5SSi. The topological polar surface area (TPSA) is 107 Å². The van der Waals surface area contributed by atoms with E-state index in [2.05, 4.69) is 19.6 Å². The summed E-state index contributed by atoms with van der Waals surface area (Å²) < 4.78 is 47.3. The van der Waals surface area contributed by atoms with E-state index in [1.807, 2.05) is 6.08 Å². The Balaban J connectivity index is 1.78. The van der Waals surface area contributed by atoms with Gasteiger partial charge in [0.2, 0.25) is 5.91 Å². The Morgan fingerprint density at radius 2 is 1.95 bits per heavy atom. The number of nitrogen functional groups attached to an aromatic ring is 1. The van der Waals surface area contributed by atoms with Gasteiger partial charge in [0.15, 0.2) is 5.17 Å². The number of ether oxygens (including phenoxy) is 3. The normalized spacial score (nSPS) is 25.7. The summed E-state index contributed by atoms with van der Waals surface area (Å²) in [6, 6.07) is 4.90. The Morgan fingerprint density at radius 1 is 1.27 bits per heavy atom. The molecule has 9 nitrogen and oxygen atoms in total. The van der Waals surface area contributed by atoms with Gasteiger partial charge in [0.25, 0.3) is 0 Å². The van der Waals surface area contributed by atoms with E-state index >= 15 is 8.78 Å². The van der Waals surface area contributed by atoms with Crippen molar-refractivity contribution in [3.05, 3.63) is 41.2 Å². The number of morpholine rings is 1. The van der Waals surface area contributed by atoms with Crippen molar-refractivity contribution in [2.75, 3.05) is 52.0 Å². The molecule has 0 spiro atoms. The molecule has 2 N–H and O–H groups in total. The van der Waals surface area contributed by atoms with Crippen LogP contribution in [0, 0.1) is 11.7 Å². The van der Waals surface area contributed by atoms with Crippen LogP contribution in [-0.4, -0.2) is 91.7 Å². The molecule has 0 aromatic heterocycles. The number of amides is 2. The molecule has 1 unspecified atom stereocenters. The van der Waals surface area contributed by atoms with Crippen LogP contribution in [0.3, 0.4) is 0 Å². The van der Waals surface area contributed by atoms with Crippen LogP contribution in [0.4, 0.5) is 19.3 Å². The van der Waals surface area contributed by atoms with Gasteiger partial charge in [0.1, 0.15) is 30.4 Å². The summed E-state index contributed by atoms with van der Waals surface area (Å²) in [6.45, 7) is 14.7. The smallest absolute Gasteiger partial charge is 0.418 e. The van der Waals surface area contributed by atoms with Crippen LogP contribution in [0.2, 0.25) is 25.7 Å². The monoisotopic (exact) mass is 652 g/mol. The van der Waals surface area contributed by atoms with Gasteiger partial charge in [-0.05, 0) is 58.4 Å². The van der Waals surface area contributed by atoms with Crippen LogP contribution >= 0.6 is 11.8 Å². The number of hydrogen-bond acceptors (Lipinski definition) is 8. The van der Waals surface area contributed by atoms with E-state index in [0.717, 1.165) is 6.04 Å². The summed E-state index contributed by atoms with van der Waals surface area (Å²) in [5.41, 5.74) is 4.31. The summed E-state index contributed by atoms with van der Waals surface area (Å²) in [7, 11) is -1.43. The molecule has 2 fully saturated rings. The van der Waals surface area contributed by atoms with Crippen LogP contribution in [-0.2, 0) is 24.5 Å². The third kappa shape index (κ3) is 7.83. The zero-order chi connectivity index (χ0) is 32.5. The highest BCUT2D eigenvalue weighted by Gasteiger charge is 2.68. The van der Waals surface area contributed by atoms with Crippen LogP contribution in [0.5, 0.6) is 0 Å². The summed E-state index contributed by atoms with van der Waals surface area (Å²) in [5, 5.41) is 0.142.